The van der Waals surface area contributed by atoms with Gasteiger partial charge in [-0.2, -0.15) is 5.10 Å². The fourth-order valence-corrected chi connectivity index (χ4v) is 3.18. The van der Waals surface area contributed by atoms with Crippen LogP contribution in [0.3, 0.4) is 0 Å². The van der Waals surface area contributed by atoms with Crippen LogP contribution in [-0.4, -0.2) is 19.2 Å². The van der Waals surface area contributed by atoms with Crippen LogP contribution >= 0.6 is 0 Å². The molecule has 0 N–H and O–H groups in total. The summed E-state index contributed by atoms with van der Waals surface area (Å²) in [6.07, 6.45) is 7.27. The van der Waals surface area contributed by atoms with Gasteiger partial charge in [-0.25, -0.2) is 4.98 Å². The van der Waals surface area contributed by atoms with Gasteiger partial charge in [-0.15, -0.1) is 0 Å². The van der Waals surface area contributed by atoms with E-state index < -0.39 is 0 Å². The molecule has 5 heteroatoms. The number of pyridine rings is 1. The maximum atomic E-state index is 4.63. The lowest BCUT2D eigenvalue weighted by atomic mass is 10.2. The van der Waals surface area contributed by atoms with Gasteiger partial charge in [0.05, 0.1) is 29.8 Å². The molecule has 0 saturated carbocycles. The highest BCUT2D eigenvalue weighted by Crippen LogP contribution is 2.29. The van der Waals surface area contributed by atoms with E-state index in [1.165, 1.54) is 22.5 Å². The third kappa shape index (κ3) is 1.84. The molecule has 0 saturated heterocycles. The van der Waals surface area contributed by atoms with Crippen LogP contribution in [0.4, 0.5) is 5.69 Å². The van der Waals surface area contributed by atoms with Crippen LogP contribution < -0.4 is 4.90 Å². The zero-order valence-electron chi connectivity index (χ0n) is 12.7. The molecular formula is C16H19N5. The van der Waals surface area contributed by atoms with Gasteiger partial charge in [0.15, 0.2) is 0 Å². The van der Waals surface area contributed by atoms with Crippen molar-refractivity contribution >= 4 is 11.3 Å². The van der Waals surface area contributed by atoms with Crippen LogP contribution in [-0.2, 0) is 26.6 Å². The van der Waals surface area contributed by atoms with Crippen molar-refractivity contribution in [3.05, 3.63) is 47.2 Å². The highest BCUT2D eigenvalue weighted by molar-refractivity contribution is 5.59. The van der Waals surface area contributed by atoms with Gasteiger partial charge >= 0.3 is 0 Å². The molecule has 0 radical (unpaired) electrons. The molecule has 1 aliphatic rings. The standard InChI is InChI=1S/C16H19N5/c1-4-12-5-14(9-21-7-11(2)18-16(12)21)20-8-13-6-17-19(3)15(13)10-20/h5-7,9H,4,8,10H2,1-3H3. The SMILES string of the molecule is CCc1cc(N2Cc3cnn(C)c3C2)cn2cc(C)nc12. The van der Waals surface area contributed by atoms with Crippen molar-refractivity contribution in [2.45, 2.75) is 33.4 Å². The largest absolute Gasteiger partial charge is 0.360 e. The molecule has 21 heavy (non-hydrogen) atoms. The van der Waals surface area contributed by atoms with Gasteiger partial charge in [-0.05, 0) is 25.0 Å². The summed E-state index contributed by atoms with van der Waals surface area (Å²) >= 11 is 0. The van der Waals surface area contributed by atoms with Gasteiger partial charge in [0, 0.05) is 31.5 Å². The molecule has 3 aromatic rings. The first-order valence-electron chi connectivity index (χ1n) is 7.38. The van der Waals surface area contributed by atoms with Crippen LogP contribution in [0.2, 0.25) is 0 Å². The number of hydrogen-bond acceptors (Lipinski definition) is 3. The Hall–Kier alpha value is -2.30. The molecule has 0 aliphatic carbocycles. The molecule has 0 atom stereocenters. The van der Waals surface area contributed by atoms with Gasteiger partial charge in [-0.3, -0.25) is 4.68 Å². The molecule has 0 aromatic carbocycles. The number of anilines is 1. The third-order valence-corrected chi connectivity index (χ3v) is 4.33. The lowest BCUT2D eigenvalue weighted by Gasteiger charge is -2.19. The van der Waals surface area contributed by atoms with Gasteiger partial charge in [0.25, 0.3) is 0 Å². The van der Waals surface area contributed by atoms with E-state index in [2.05, 4.69) is 44.8 Å². The first-order chi connectivity index (χ1) is 10.2. The summed E-state index contributed by atoms with van der Waals surface area (Å²) < 4.78 is 4.14. The fraction of sp³-hybridized carbons (Fsp3) is 0.375. The minimum absolute atomic E-state index is 0.925. The predicted molar refractivity (Wildman–Crippen MR) is 82.4 cm³/mol. The van der Waals surface area contributed by atoms with E-state index in [9.17, 15) is 0 Å². The Labute approximate surface area is 123 Å². The summed E-state index contributed by atoms with van der Waals surface area (Å²) in [6, 6.07) is 2.28. The average molecular weight is 281 g/mol. The molecule has 0 bridgehead atoms. The zero-order chi connectivity index (χ0) is 14.6. The van der Waals surface area contributed by atoms with Crippen LogP contribution in [0.25, 0.3) is 5.65 Å². The monoisotopic (exact) mass is 281 g/mol. The molecule has 0 spiro atoms. The van der Waals surface area contributed by atoms with Crippen molar-refractivity contribution in [3.8, 4) is 0 Å². The second-order valence-electron chi connectivity index (χ2n) is 5.79. The van der Waals surface area contributed by atoms with Gasteiger partial charge in [-0.1, -0.05) is 6.92 Å². The number of aryl methyl sites for hydroxylation is 3. The van der Waals surface area contributed by atoms with Crippen molar-refractivity contribution in [3.63, 3.8) is 0 Å². The highest BCUT2D eigenvalue weighted by atomic mass is 15.3. The number of rotatable bonds is 2. The molecule has 3 aromatic heterocycles. The molecule has 4 rings (SSSR count). The topological polar surface area (TPSA) is 38.4 Å². The maximum absolute atomic E-state index is 4.63. The Morgan fingerprint density at radius 2 is 2.10 bits per heavy atom. The quantitative estimate of drug-likeness (QED) is 0.724. The summed E-state index contributed by atoms with van der Waals surface area (Å²) in [6.45, 7) is 6.09. The minimum atomic E-state index is 0.925. The van der Waals surface area contributed by atoms with Crippen molar-refractivity contribution < 1.29 is 0 Å². The third-order valence-electron chi connectivity index (χ3n) is 4.33. The second kappa shape index (κ2) is 4.35. The second-order valence-corrected chi connectivity index (χ2v) is 5.79. The summed E-state index contributed by atoms with van der Waals surface area (Å²) in [5, 5.41) is 4.33. The van der Waals surface area contributed by atoms with Crippen molar-refractivity contribution in [1.82, 2.24) is 19.2 Å². The maximum Gasteiger partial charge on any atom is 0.140 e. The Morgan fingerprint density at radius 3 is 2.86 bits per heavy atom. The van der Waals surface area contributed by atoms with E-state index in [0.717, 1.165) is 30.9 Å². The molecule has 1 aliphatic heterocycles. The number of fused-ring (bicyclic) bond motifs is 2. The summed E-state index contributed by atoms with van der Waals surface area (Å²) in [5.74, 6) is 0. The molecule has 4 heterocycles. The molecule has 0 fully saturated rings. The lowest BCUT2D eigenvalue weighted by molar-refractivity contribution is 0.703. The zero-order valence-corrected chi connectivity index (χ0v) is 12.7. The fourth-order valence-electron chi connectivity index (χ4n) is 3.18. The summed E-state index contributed by atoms with van der Waals surface area (Å²) in [4.78, 5) is 7.03. The smallest absolute Gasteiger partial charge is 0.140 e. The van der Waals surface area contributed by atoms with Crippen LogP contribution in [0.15, 0.2) is 24.7 Å². The molecule has 108 valence electrons. The van der Waals surface area contributed by atoms with Crippen LogP contribution in [0.1, 0.15) is 29.4 Å². The average Bonchev–Trinajstić information content (AvgIpc) is 3.12. The van der Waals surface area contributed by atoms with E-state index in [4.69, 9.17) is 0 Å². The number of nitrogens with zero attached hydrogens (tertiary/aromatic N) is 5. The molecular weight excluding hydrogens is 262 g/mol. The van der Waals surface area contributed by atoms with Crippen LogP contribution in [0, 0.1) is 6.92 Å². The van der Waals surface area contributed by atoms with E-state index in [0.29, 0.717) is 0 Å². The van der Waals surface area contributed by atoms with Crippen molar-refractivity contribution in [2.75, 3.05) is 4.90 Å². The Kier molecular flexibility index (Phi) is 2.58. The molecule has 0 unspecified atom stereocenters. The number of imidazole rings is 1. The normalized spacial score (nSPS) is 14.1. The summed E-state index contributed by atoms with van der Waals surface area (Å²) in [7, 11) is 2.02. The predicted octanol–water partition coefficient (Wildman–Crippen LogP) is 2.46. The van der Waals surface area contributed by atoms with E-state index in [1.54, 1.807) is 0 Å². The first kappa shape index (κ1) is 12.4. The first-order valence-corrected chi connectivity index (χ1v) is 7.38. The Balaban J connectivity index is 1.77. The minimum Gasteiger partial charge on any atom is -0.360 e. The number of aromatic nitrogens is 4. The van der Waals surface area contributed by atoms with Crippen LogP contribution in [0.5, 0.6) is 0 Å². The van der Waals surface area contributed by atoms with Crippen molar-refractivity contribution in [1.29, 1.82) is 0 Å². The Bertz CT molecular complexity index is 827. The Morgan fingerprint density at radius 1 is 1.24 bits per heavy atom. The van der Waals surface area contributed by atoms with Gasteiger partial charge in [0.1, 0.15) is 5.65 Å². The molecule has 5 nitrogen and oxygen atoms in total. The van der Waals surface area contributed by atoms with E-state index in [-0.39, 0.29) is 0 Å². The van der Waals surface area contributed by atoms with E-state index >= 15 is 0 Å². The lowest BCUT2D eigenvalue weighted by Crippen LogP contribution is -2.17. The number of hydrogen-bond donors (Lipinski definition) is 0. The van der Waals surface area contributed by atoms with Gasteiger partial charge < -0.3 is 9.30 Å². The van der Waals surface area contributed by atoms with Crippen molar-refractivity contribution in [2.24, 2.45) is 7.05 Å². The summed E-state index contributed by atoms with van der Waals surface area (Å²) in [5.41, 5.74) is 7.35. The highest BCUT2D eigenvalue weighted by Gasteiger charge is 2.23. The molecule has 0 amide bonds. The van der Waals surface area contributed by atoms with Gasteiger partial charge in [0.2, 0.25) is 0 Å². The van der Waals surface area contributed by atoms with E-state index in [1.807, 2.05) is 24.9 Å².